The van der Waals surface area contributed by atoms with Gasteiger partial charge in [0.05, 0.1) is 0 Å². The van der Waals surface area contributed by atoms with Gasteiger partial charge in [-0.2, -0.15) is 0 Å². The number of hydrogen-bond acceptors (Lipinski definition) is 4. The van der Waals surface area contributed by atoms with Crippen LogP contribution < -0.4 is 0 Å². The Hall–Kier alpha value is -3.47. The third kappa shape index (κ3) is 18.5. The van der Waals surface area contributed by atoms with Crippen LogP contribution in [0.1, 0.15) is 95.1 Å². The number of aromatic hydroxyl groups is 3. The minimum absolute atomic E-state index is 0.0235. The maximum absolute atomic E-state index is 10.3. The van der Waals surface area contributed by atoms with Crippen molar-refractivity contribution in [2.24, 2.45) is 0 Å². The monoisotopic (exact) mass is 508 g/mol. The van der Waals surface area contributed by atoms with Gasteiger partial charge in [0.15, 0.2) is 0 Å². The number of unbranched alkanes of at least 4 members (excludes halogenated alkanes) is 8. The summed E-state index contributed by atoms with van der Waals surface area (Å²) in [5.41, 5.74) is 1.63. The van der Waals surface area contributed by atoms with Crippen molar-refractivity contribution < 1.29 is 25.2 Å². The number of carboxylic acid groups (broad SMARTS) is 1. The number of phenols is 3. The molecule has 0 saturated heterocycles. The van der Waals surface area contributed by atoms with Crippen molar-refractivity contribution in [1.29, 1.82) is 0 Å². The average molecular weight is 509 g/mol. The molecule has 0 aliphatic carbocycles. The highest BCUT2D eigenvalue weighted by molar-refractivity contribution is 5.71. The molecule has 5 heteroatoms. The molecule has 4 N–H and O–H groups in total. The van der Waals surface area contributed by atoms with E-state index in [0.29, 0.717) is 12.0 Å². The van der Waals surface area contributed by atoms with Crippen LogP contribution in [0.5, 0.6) is 17.2 Å². The van der Waals surface area contributed by atoms with Crippen molar-refractivity contribution in [3.8, 4) is 17.2 Å². The summed E-state index contributed by atoms with van der Waals surface area (Å²) in [6, 6.07) is 11.1. The lowest BCUT2D eigenvalue weighted by molar-refractivity contribution is -0.137. The van der Waals surface area contributed by atoms with Gasteiger partial charge in [-0.3, -0.25) is 4.79 Å². The lowest BCUT2D eigenvalue weighted by atomic mass is 10.1. The Morgan fingerprint density at radius 3 is 1.78 bits per heavy atom. The van der Waals surface area contributed by atoms with Crippen molar-refractivity contribution in [3.05, 3.63) is 77.9 Å². The highest BCUT2D eigenvalue weighted by Gasteiger charge is 1.97. The predicted molar refractivity (Wildman–Crippen MR) is 154 cm³/mol. The molecule has 0 heterocycles. The van der Waals surface area contributed by atoms with Crippen molar-refractivity contribution in [1.82, 2.24) is 0 Å². The van der Waals surface area contributed by atoms with Crippen LogP contribution in [0.15, 0.2) is 66.8 Å². The van der Waals surface area contributed by atoms with E-state index in [1.165, 1.54) is 51.0 Å². The van der Waals surface area contributed by atoms with Gasteiger partial charge in [-0.25, -0.2) is 0 Å². The van der Waals surface area contributed by atoms with Crippen LogP contribution in [-0.4, -0.2) is 26.4 Å². The van der Waals surface area contributed by atoms with Gasteiger partial charge in [-0.15, -0.1) is 0 Å². The highest BCUT2D eigenvalue weighted by atomic mass is 16.4. The topological polar surface area (TPSA) is 98.0 Å². The summed E-state index contributed by atoms with van der Waals surface area (Å²) < 4.78 is 0. The highest BCUT2D eigenvalue weighted by Crippen LogP contribution is 2.22. The lowest BCUT2D eigenvalue weighted by Gasteiger charge is -1.98. The Morgan fingerprint density at radius 2 is 1.19 bits per heavy atom. The molecular formula is C32H44O5. The van der Waals surface area contributed by atoms with Crippen molar-refractivity contribution >= 4 is 18.1 Å². The third-order valence-corrected chi connectivity index (χ3v) is 5.63. The first kappa shape index (κ1) is 31.6. The van der Waals surface area contributed by atoms with Crippen LogP contribution in [0.3, 0.4) is 0 Å². The molecule has 0 spiro atoms. The van der Waals surface area contributed by atoms with E-state index < -0.39 is 5.97 Å². The standard InChI is InChI=1S/C18H32O2.C14H12O3/c1-2-3-4-5-6-7-8-9-10-11-12-13-14-15-16-17-18(19)20;15-12-5-3-10(4-6-12)1-2-11-7-13(16)9-14(17)8-11/h6-7,9-10H,2-5,8,11-17H2,1H3,(H,19,20);1-9,15-17H/b7-6-,10-9-;2-1+. The van der Waals surface area contributed by atoms with Crippen LogP contribution in [0.2, 0.25) is 0 Å². The molecule has 0 fully saturated rings. The SMILES string of the molecule is CCCCC/C=C\C/C=C\CCCCCCCC(=O)O.Oc1ccc(/C=C/c2cc(O)cc(O)c2)cc1. The number of hydrogen-bond donors (Lipinski definition) is 4. The summed E-state index contributed by atoms with van der Waals surface area (Å²) in [4.78, 5) is 10.3. The lowest BCUT2D eigenvalue weighted by Crippen LogP contribution is -1.93. The molecule has 2 rings (SSSR count). The average Bonchev–Trinajstić information content (AvgIpc) is 2.86. The van der Waals surface area contributed by atoms with Gasteiger partial charge < -0.3 is 20.4 Å². The number of phenolic OH excluding ortho intramolecular Hbond substituents is 3. The van der Waals surface area contributed by atoms with Crippen molar-refractivity contribution in [2.45, 2.75) is 84.0 Å². The van der Waals surface area contributed by atoms with Crippen LogP contribution in [0.4, 0.5) is 0 Å². The Bertz CT molecular complexity index is 937. The molecule has 0 aromatic heterocycles. The fourth-order valence-corrected chi connectivity index (χ4v) is 3.58. The molecule has 0 aliphatic heterocycles. The molecule has 2 aromatic carbocycles. The van der Waals surface area contributed by atoms with Gasteiger partial charge in [-0.1, -0.05) is 87.6 Å². The molecule has 0 saturated carbocycles. The van der Waals surface area contributed by atoms with E-state index in [1.54, 1.807) is 42.5 Å². The molecule has 0 radical (unpaired) electrons. The summed E-state index contributed by atoms with van der Waals surface area (Å²) in [7, 11) is 0. The third-order valence-electron chi connectivity index (χ3n) is 5.63. The zero-order chi connectivity index (χ0) is 27.1. The van der Waals surface area contributed by atoms with Crippen molar-refractivity contribution in [3.63, 3.8) is 0 Å². The van der Waals surface area contributed by atoms with Gasteiger partial charge in [0.1, 0.15) is 17.2 Å². The van der Waals surface area contributed by atoms with E-state index in [4.69, 9.17) is 10.2 Å². The molecule has 0 atom stereocenters. The second-order valence-electron chi connectivity index (χ2n) is 9.08. The van der Waals surface area contributed by atoms with E-state index in [0.717, 1.165) is 31.2 Å². The molecule has 5 nitrogen and oxygen atoms in total. The number of allylic oxidation sites excluding steroid dienone is 4. The van der Waals surface area contributed by atoms with E-state index >= 15 is 0 Å². The zero-order valence-corrected chi connectivity index (χ0v) is 22.2. The normalized spacial score (nSPS) is 11.3. The number of aliphatic carboxylic acids is 1. The maximum atomic E-state index is 10.3. The van der Waals surface area contributed by atoms with Gasteiger partial charge in [-0.05, 0) is 73.9 Å². The van der Waals surface area contributed by atoms with Gasteiger partial charge >= 0.3 is 5.97 Å². The summed E-state index contributed by atoms with van der Waals surface area (Å²) in [5.74, 6) is -0.404. The molecule has 37 heavy (non-hydrogen) atoms. The fraction of sp³-hybridized carbons (Fsp3) is 0.406. The summed E-state index contributed by atoms with van der Waals surface area (Å²) in [5, 5.41) is 36.2. The first-order valence-electron chi connectivity index (χ1n) is 13.4. The number of carboxylic acids is 1. The molecule has 202 valence electrons. The van der Waals surface area contributed by atoms with E-state index in [9.17, 15) is 15.0 Å². The Labute approximate surface area is 222 Å². The Morgan fingerprint density at radius 1 is 0.649 bits per heavy atom. The van der Waals surface area contributed by atoms with Gasteiger partial charge in [0, 0.05) is 12.5 Å². The molecule has 0 amide bonds. The summed E-state index contributed by atoms with van der Waals surface area (Å²) >= 11 is 0. The molecular weight excluding hydrogens is 464 g/mol. The van der Waals surface area contributed by atoms with Crippen LogP contribution >= 0.6 is 0 Å². The van der Waals surface area contributed by atoms with Crippen LogP contribution in [-0.2, 0) is 4.79 Å². The van der Waals surface area contributed by atoms with Crippen LogP contribution in [0.25, 0.3) is 12.2 Å². The minimum atomic E-state index is -0.671. The molecule has 2 aromatic rings. The molecule has 0 bridgehead atoms. The van der Waals surface area contributed by atoms with Gasteiger partial charge in [0.2, 0.25) is 0 Å². The first-order chi connectivity index (χ1) is 17.9. The van der Waals surface area contributed by atoms with E-state index in [1.807, 2.05) is 6.08 Å². The predicted octanol–water partition coefficient (Wildman–Crippen LogP) is 8.86. The Kier molecular flexibility index (Phi) is 17.7. The second kappa shape index (κ2) is 20.7. The van der Waals surface area contributed by atoms with Crippen molar-refractivity contribution in [2.75, 3.05) is 0 Å². The molecule has 0 aliphatic rings. The fourth-order valence-electron chi connectivity index (χ4n) is 3.58. The number of carbonyl (C=O) groups is 1. The Balaban J connectivity index is 0.000000373. The second-order valence-corrected chi connectivity index (χ2v) is 9.08. The molecule has 0 unspecified atom stereocenters. The largest absolute Gasteiger partial charge is 0.508 e. The minimum Gasteiger partial charge on any atom is -0.508 e. The van der Waals surface area contributed by atoms with E-state index in [-0.39, 0.29) is 17.2 Å². The van der Waals surface area contributed by atoms with Crippen LogP contribution in [0, 0.1) is 0 Å². The number of benzene rings is 2. The maximum Gasteiger partial charge on any atom is 0.303 e. The zero-order valence-electron chi connectivity index (χ0n) is 22.2. The first-order valence-corrected chi connectivity index (χ1v) is 13.4. The summed E-state index contributed by atoms with van der Waals surface area (Å²) in [6.45, 7) is 2.23. The summed E-state index contributed by atoms with van der Waals surface area (Å²) in [6.07, 6.45) is 25.9. The quantitative estimate of drug-likeness (QED) is 0.103. The van der Waals surface area contributed by atoms with E-state index in [2.05, 4.69) is 31.2 Å². The van der Waals surface area contributed by atoms with Gasteiger partial charge in [0.25, 0.3) is 0 Å². The smallest absolute Gasteiger partial charge is 0.303 e. The number of rotatable bonds is 16.